The van der Waals surface area contributed by atoms with Crippen LogP contribution in [0.25, 0.3) is 0 Å². The van der Waals surface area contributed by atoms with Crippen molar-refractivity contribution < 1.29 is 10.0 Å². The molecule has 2 aromatic rings. The van der Waals surface area contributed by atoms with Crippen molar-refractivity contribution in [2.75, 3.05) is 49.5 Å². The summed E-state index contributed by atoms with van der Waals surface area (Å²) in [7, 11) is 0. The number of aliphatic hydroxyl groups excluding tert-OH is 1. The highest BCUT2D eigenvalue weighted by Crippen LogP contribution is 2.34. The first-order chi connectivity index (χ1) is 11.7. The van der Waals surface area contributed by atoms with Gasteiger partial charge in [-0.3, -0.25) is 15.0 Å². The Morgan fingerprint density at radius 3 is 2.71 bits per heavy atom. The number of aromatic nitrogens is 3. The van der Waals surface area contributed by atoms with Crippen LogP contribution in [0.1, 0.15) is 0 Å². The maximum atomic E-state index is 11.6. The molecule has 0 aromatic carbocycles. The average molecular weight is 351 g/mol. The van der Waals surface area contributed by atoms with Gasteiger partial charge in [0.25, 0.3) is 0 Å². The third-order valence-electron chi connectivity index (χ3n) is 3.73. The molecule has 24 heavy (non-hydrogen) atoms. The number of nitrogens with one attached hydrogen (secondary N) is 1. The second kappa shape index (κ2) is 7.47. The quantitative estimate of drug-likeness (QED) is 0.572. The van der Waals surface area contributed by atoms with Crippen LogP contribution in [0, 0.1) is 10.1 Å². The maximum absolute atomic E-state index is 11.6. The number of nitrogens with zero attached hydrogens (tertiary/aromatic N) is 6. The molecule has 3 rings (SSSR count). The van der Waals surface area contributed by atoms with Gasteiger partial charge in [-0.05, 0) is 0 Å². The predicted molar refractivity (Wildman–Crippen MR) is 89.8 cm³/mol. The molecule has 0 amide bonds. The van der Waals surface area contributed by atoms with Crippen molar-refractivity contribution in [1.82, 2.24) is 19.9 Å². The second-order valence-electron chi connectivity index (χ2n) is 5.17. The molecule has 1 fully saturated rings. The molecule has 0 bridgehead atoms. The summed E-state index contributed by atoms with van der Waals surface area (Å²) in [5.74, 6) is 0.440. The third-order valence-corrected chi connectivity index (χ3v) is 4.42. The highest BCUT2D eigenvalue weighted by atomic mass is 32.1. The molecule has 2 aromatic heterocycles. The van der Waals surface area contributed by atoms with Crippen LogP contribution in [0.4, 0.5) is 22.5 Å². The van der Waals surface area contributed by atoms with E-state index in [9.17, 15) is 10.1 Å². The summed E-state index contributed by atoms with van der Waals surface area (Å²) in [5.41, 5.74) is -0.150. The van der Waals surface area contributed by atoms with Gasteiger partial charge in [0.15, 0.2) is 5.13 Å². The Labute approximate surface area is 141 Å². The zero-order chi connectivity index (χ0) is 16.9. The average Bonchev–Trinajstić information content (AvgIpc) is 3.08. The minimum absolute atomic E-state index is 0.107. The summed E-state index contributed by atoms with van der Waals surface area (Å²) in [4.78, 5) is 27.3. The minimum atomic E-state index is -0.467. The van der Waals surface area contributed by atoms with Crippen molar-refractivity contribution in [1.29, 1.82) is 0 Å². The highest BCUT2D eigenvalue weighted by molar-refractivity contribution is 7.13. The third kappa shape index (κ3) is 3.58. The van der Waals surface area contributed by atoms with Crippen LogP contribution in [0.3, 0.4) is 0 Å². The number of nitro groups is 1. The van der Waals surface area contributed by atoms with E-state index in [4.69, 9.17) is 5.11 Å². The van der Waals surface area contributed by atoms with Crippen LogP contribution in [0.2, 0.25) is 0 Å². The lowest BCUT2D eigenvalue weighted by atomic mass is 10.3. The van der Waals surface area contributed by atoms with E-state index < -0.39 is 4.92 Å². The van der Waals surface area contributed by atoms with Gasteiger partial charge in [0, 0.05) is 44.3 Å². The standard InChI is InChI=1S/C13H17N7O3S/c21-7-6-18-2-4-19(5-3-18)12-10(20(22)23)11(15-9-16-12)17-13-14-1-8-24-13/h1,8-9,21H,2-7H2,(H,14,15,16,17). The Morgan fingerprint density at radius 2 is 2.08 bits per heavy atom. The number of rotatable bonds is 6. The van der Waals surface area contributed by atoms with E-state index in [0.717, 1.165) is 13.1 Å². The monoisotopic (exact) mass is 351 g/mol. The Balaban J connectivity index is 1.84. The van der Waals surface area contributed by atoms with Crippen molar-refractivity contribution in [3.63, 3.8) is 0 Å². The molecule has 0 saturated carbocycles. The van der Waals surface area contributed by atoms with Crippen molar-refractivity contribution >= 4 is 33.8 Å². The molecule has 0 unspecified atom stereocenters. The minimum Gasteiger partial charge on any atom is -0.395 e. The van der Waals surface area contributed by atoms with Gasteiger partial charge in [-0.1, -0.05) is 0 Å². The number of β-amino-alcohol motifs (C(OH)–C–C–N with tert-alkyl or cyclic N) is 1. The first-order valence-electron chi connectivity index (χ1n) is 7.43. The van der Waals surface area contributed by atoms with Crippen LogP contribution in [0.5, 0.6) is 0 Å². The van der Waals surface area contributed by atoms with Gasteiger partial charge in [-0.25, -0.2) is 15.0 Å². The van der Waals surface area contributed by atoms with Gasteiger partial charge >= 0.3 is 5.69 Å². The summed E-state index contributed by atoms with van der Waals surface area (Å²) in [5, 5.41) is 25.8. The van der Waals surface area contributed by atoms with Gasteiger partial charge in [0.05, 0.1) is 11.5 Å². The number of hydrogen-bond acceptors (Lipinski definition) is 10. The molecular weight excluding hydrogens is 334 g/mol. The molecule has 11 heteroatoms. The number of thiazole rings is 1. The van der Waals surface area contributed by atoms with E-state index in [1.54, 1.807) is 11.6 Å². The Hall–Kier alpha value is -2.37. The van der Waals surface area contributed by atoms with E-state index in [2.05, 4.69) is 25.2 Å². The van der Waals surface area contributed by atoms with Crippen LogP contribution in [-0.2, 0) is 0 Å². The van der Waals surface area contributed by atoms with E-state index in [0.29, 0.717) is 30.6 Å². The largest absolute Gasteiger partial charge is 0.395 e. The second-order valence-corrected chi connectivity index (χ2v) is 6.06. The van der Waals surface area contributed by atoms with Crippen molar-refractivity contribution in [3.05, 3.63) is 28.0 Å². The fourth-order valence-electron chi connectivity index (χ4n) is 2.57. The first-order valence-corrected chi connectivity index (χ1v) is 8.31. The van der Waals surface area contributed by atoms with Crippen LogP contribution in [-0.4, -0.2) is 69.2 Å². The number of anilines is 3. The smallest absolute Gasteiger partial charge is 0.353 e. The molecular formula is C13H17N7O3S. The lowest BCUT2D eigenvalue weighted by Gasteiger charge is -2.34. The topological polar surface area (TPSA) is 121 Å². The molecule has 0 atom stereocenters. The van der Waals surface area contributed by atoms with Gasteiger partial charge < -0.3 is 15.3 Å². The molecule has 3 heterocycles. The van der Waals surface area contributed by atoms with Crippen LogP contribution in [0.15, 0.2) is 17.9 Å². The van der Waals surface area contributed by atoms with E-state index in [1.165, 1.54) is 17.7 Å². The SMILES string of the molecule is O=[N+]([O-])c1c(Nc2nccs2)ncnc1N1CCN(CCO)CC1. The normalized spacial score (nSPS) is 15.5. The van der Waals surface area contributed by atoms with E-state index >= 15 is 0 Å². The molecule has 0 spiro atoms. The van der Waals surface area contributed by atoms with Crippen molar-refractivity contribution in [2.45, 2.75) is 0 Å². The van der Waals surface area contributed by atoms with Crippen LogP contribution >= 0.6 is 11.3 Å². The zero-order valence-corrected chi connectivity index (χ0v) is 13.6. The van der Waals surface area contributed by atoms with Crippen LogP contribution < -0.4 is 10.2 Å². The molecule has 0 aliphatic carbocycles. The van der Waals surface area contributed by atoms with Crippen molar-refractivity contribution in [3.8, 4) is 0 Å². The number of piperazine rings is 1. The fraction of sp³-hybridized carbons (Fsp3) is 0.462. The molecule has 1 saturated heterocycles. The Bertz CT molecular complexity index is 689. The lowest BCUT2D eigenvalue weighted by Crippen LogP contribution is -2.47. The predicted octanol–water partition coefficient (Wildman–Crippen LogP) is 0.699. The summed E-state index contributed by atoms with van der Waals surface area (Å²) in [6, 6.07) is 0. The number of aliphatic hydroxyl groups is 1. The fourth-order valence-corrected chi connectivity index (χ4v) is 3.10. The molecule has 128 valence electrons. The zero-order valence-electron chi connectivity index (χ0n) is 12.8. The van der Waals surface area contributed by atoms with Gasteiger partial charge in [0.2, 0.25) is 11.6 Å². The molecule has 0 radical (unpaired) electrons. The molecule has 1 aliphatic rings. The summed E-state index contributed by atoms with van der Waals surface area (Å²) >= 11 is 1.34. The number of hydrogen-bond donors (Lipinski definition) is 2. The summed E-state index contributed by atoms with van der Waals surface area (Å²) < 4.78 is 0. The Kier molecular flexibility index (Phi) is 5.13. The molecule has 1 aliphatic heterocycles. The summed E-state index contributed by atoms with van der Waals surface area (Å²) in [6.45, 7) is 3.36. The summed E-state index contributed by atoms with van der Waals surface area (Å²) in [6.07, 6.45) is 2.93. The lowest BCUT2D eigenvalue weighted by molar-refractivity contribution is -0.383. The van der Waals surface area contributed by atoms with Gasteiger partial charge in [0.1, 0.15) is 6.33 Å². The Morgan fingerprint density at radius 1 is 1.29 bits per heavy atom. The maximum Gasteiger partial charge on any atom is 0.353 e. The van der Waals surface area contributed by atoms with Gasteiger partial charge in [-0.15, -0.1) is 11.3 Å². The van der Waals surface area contributed by atoms with E-state index in [-0.39, 0.29) is 18.1 Å². The highest BCUT2D eigenvalue weighted by Gasteiger charge is 2.29. The van der Waals surface area contributed by atoms with E-state index in [1.807, 2.05) is 4.90 Å². The van der Waals surface area contributed by atoms with Crippen molar-refractivity contribution in [2.24, 2.45) is 0 Å². The first kappa shape index (κ1) is 16.5. The van der Waals surface area contributed by atoms with Gasteiger partial charge in [-0.2, -0.15) is 0 Å². The molecule has 2 N–H and O–H groups in total. The molecule has 10 nitrogen and oxygen atoms in total.